The van der Waals surface area contributed by atoms with E-state index >= 15 is 0 Å². The first-order chi connectivity index (χ1) is 8.09. The Kier molecular flexibility index (Phi) is 4.82. The Hall–Kier alpha value is 0.311. The summed E-state index contributed by atoms with van der Waals surface area (Å²) in [5.74, 6) is 1.43. The second-order valence-electron chi connectivity index (χ2n) is 5.52. The van der Waals surface area contributed by atoms with E-state index in [0.717, 1.165) is 0 Å². The molecule has 0 fully saturated rings. The summed E-state index contributed by atoms with van der Waals surface area (Å²) in [6, 6.07) is 0. The van der Waals surface area contributed by atoms with Crippen molar-refractivity contribution in [2.24, 2.45) is 11.8 Å². The maximum absolute atomic E-state index is 2.38. The third-order valence-corrected chi connectivity index (χ3v) is 8.58. The minimum atomic E-state index is -0.733. The minimum absolute atomic E-state index is 0.716. The van der Waals surface area contributed by atoms with Gasteiger partial charge in [0, 0.05) is 0 Å². The maximum atomic E-state index is 2.38. The van der Waals surface area contributed by atoms with Crippen LogP contribution in [-0.4, -0.2) is 0 Å². The molecule has 2 aliphatic carbocycles. The number of hydrogen-bond acceptors (Lipinski definition) is 0. The summed E-state index contributed by atoms with van der Waals surface area (Å²) >= 11 is -0.733. The normalized spacial score (nSPS) is 19.4. The van der Waals surface area contributed by atoms with Gasteiger partial charge in [-0.05, 0) is 0 Å². The van der Waals surface area contributed by atoms with Crippen LogP contribution in [-0.2, 0) is 0 Å². The van der Waals surface area contributed by atoms with Gasteiger partial charge >= 0.3 is 127 Å². The molecule has 0 aromatic heterocycles. The van der Waals surface area contributed by atoms with Gasteiger partial charge in [0.2, 0.25) is 0 Å². The molecule has 2 rings (SSSR count). The van der Waals surface area contributed by atoms with Crippen molar-refractivity contribution in [3.05, 3.63) is 37.9 Å². The fourth-order valence-corrected chi connectivity index (χ4v) is 8.45. The number of allylic oxidation sites excluding steroid dienone is 8. The molecule has 0 spiro atoms. The fourth-order valence-electron chi connectivity index (χ4n) is 2.55. The van der Waals surface area contributed by atoms with Crippen molar-refractivity contribution < 1.29 is 36.7 Å². The molecule has 2 aliphatic rings. The summed E-state index contributed by atoms with van der Waals surface area (Å²) < 4.78 is 3.69. The van der Waals surface area contributed by atoms with E-state index in [0.29, 0.717) is 11.8 Å². The van der Waals surface area contributed by atoms with E-state index in [2.05, 4.69) is 52.0 Å². The van der Waals surface area contributed by atoms with Crippen LogP contribution in [0.1, 0.15) is 40.5 Å². The van der Waals surface area contributed by atoms with Gasteiger partial charge in [0.1, 0.15) is 0 Å². The van der Waals surface area contributed by atoms with Crippen LogP contribution in [0.2, 0.25) is 0 Å². The zero-order valence-corrected chi connectivity index (χ0v) is 14.6. The van der Waals surface area contributed by atoms with E-state index in [4.69, 9.17) is 0 Å². The van der Waals surface area contributed by atoms with Crippen molar-refractivity contribution in [2.45, 2.75) is 40.5 Å². The van der Waals surface area contributed by atoms with Crippen molar-refractivity contribution in [2.75, 3.05) is 0 Å². The Balaban J connectivity index is 2.18. The van der Waals surface area contributed by atoms with Crippen LogP contribution in [0.25, 0.3) is 0 Å². The molecule has 0 N–H and O–H groups in total. The van der Waals surface area contributed by atoms with Crippen LogP contribution >= 0.6 is 0 Å². The summed E-state index contributed by atoms with van der Waals surface area (Å²) in [7, 11) is 0. The van der Waals surface area contributed by atoms with Crippen LogP contribution in [0.3, 0.4) is 0 Å². The molecule has 0 saturated heterocycles. The zero-order valence-electron chi connectivity index (χ0n) is 11.4. The summed E-state index contributed by atoms with van der Waals surface area (Å²) in [4.78, 5) is 0. The van der Waals surface area contributed by atoms with Crippen molar-refractivity contribution in [1.82, 2.24) is 0 Å². The van der Waals surface area contributed by atoms with Crippen molar-refractivity contribution in [3.63, 3.8) is 0 Å². The van der Waals surface area contributed by atoms with Gasteiger partial charge in [-0.1, -0.05) is 0 Å². The van der Waals surface area contributed by atoms with E-state index in [1.165, 1.54) is 12.8 Å². The van der Waals surface area contributed by atoms with Crippen molar-refractivity contribution in [3.8, 4) is 0 Å². The Morgan fingerprint density at radius 3 is 1.59 bits per heavy atom. The molecular formula is C16H22Nd. The van der Waals surface area contributed by atoms with Gasteiger partial charge in [-0.2, -0.15) is 0 Å². The molecule has 1 heteroatoms. The summed E-state index contributed by atoms with van der Waals surface area (Å²) in [5, 5.41) is 0. The molecule has 17 heavy (non-hydrogen) atoms. The monoisotopic (exact) mass is 356 g/mol. The van der Waals surface area contributed by atoms with E-state index in [9.17, 15) is 0 Å². The molecule has 0 atom stereocenters. The summed E-state index contributed by atoms with van der Waals surface area (Å²) in [6.07, 6.45) is 12.0. The standard InChI is InChI=1S/2C8H11.Nd/c2*1-7(2)8-5-3-4-6-8;/h2*3,5,7H,4H2,1-2H3;. The summed E-state index contributed by atoms with van der Waals surface area (Å²) in [6.45, 7) is 9.33. The average Bonchev–Trinajstić information content (AvgIpc) is 2.86. The SMILES string of the molecule is CC(C)C1=[C]([Nd][C]2=C(C(C)C)C=CC2)CC=C1. The van der Waals surface area contributed by atoms with Gasteiger partial charge in [0.25, 0.3) is 0 Å². The second-order valence-corrected chi connectivity index (χ2v) is 10.2. The fraction of sp³-hybridized carbons (Fsp3) is 0.500. The molecule has 0 aliphatic heterocycles. The van der Waals surface area contributed by atoms with Gasteiger partial charge in [0.05, 0.1) is 0 Å². The Morgan fingerprint density at radius 2 is 1.24 bits per heavy atom. The predicted octanol–water partition coefficient (Wildman–Crippen LogP) is 4.81. The van der Waals surface area contributed by atoms with Crippen LogP contribution in [0.5, 0.6) is 0 Å². The molecular weight excluding hydrogens is 336 g/mol. The first-order valence-corrected chi connectivity index (χ1v) is 9.86. The third kappa shape index (κ3) is 3.20. The molecule has 0 saturated carbocycles. The Bertz CT molecular complexity index is 377. The summed E-state index contributed by atoms with van der Waals surface area (Å²) in [5.41, 5.74) is 3.33. The molecule has 0 unspecified atom stereocenters. The average molecular weight is 359 g/mol. The van der Waals surface area contributed by atoms with Crippen molar-refractivity contribution >= 4 is 0 Å². The Morgan fingerprint density at radius 1 is 0.824 bits per heavy atom. The van der Waals surface area contributed by atoms with E-state index in [1.54, 1.807) is 11.1 Å². The van der Waals surface area contributed by atoms with Crippen LogP contribution in [0.4, 0.5) is 0 Å². The molecule has 0 bridgehead atoms. The predicted molar refractivity (Wildman–Crippen MR) is 71.2 cm³/mol. The second kappa shape index (κ2) is 5.97. The number of hydrogen-bond donors (Lipinski definition) is 0. The van der Waals surface area contributed by atoms with Gasteiger partial charge in [-0.25, -0.2) is 0 Å². The first kappa shape index (κ1) is 13.7. The van der Waals surface area contributed by atoms with E-state index < -0.39 is 36.7 Å². The van der Waals surface area contributed by atoms with Crippen molar-refractivity contribution in [1.29, 1.82) is 0 Å². The van der Waals surface area contributed by atoms with Crippen LogP contribution in [0, 0.1) is 48.5 Å². The quantitative estimate of drug-likeness (QED) is 0.676. The van der Waals surface area contributed by atoms with E-state index in [1.807, 2.05) is 2.45 Å². The molecule has 0 aromatic rings. The molecule has 90 valence electrons. The van der Waals surface area contributed by atoms with Gasteiger partial charge < -0.3 is 0 Å². The number of rotatable bonds is 4. The van der Waals surface area contributed by atoms with Crippen LogP contribution in [0.15, 0.2) is 37.9 Å². The van der Waals surface area contributed by atoms with Gasteiger partial charge in [-0.15, -0.1) is 0 Å². The Labute approximate surface area is 126 Å². The zero-order chi connectivity index (χ0) is 12.4. The van der Waals surface area contributed by atoms with E-state index in [-0.39, 0.29) is 0 Å². The molecule has 0 heterocycles. The molecule has 0 aromatic carbocycles. The third-order valence-electron chi connectivity index (χ3n) is 3.48. The molecule has 0 amide bonds. The van der Waals surface area contributed by atoms with Crippen LogP contribution < -0.4 is 0 Å². The molecule has 0 radical (unpaired) electrons. The molecule has 0 nitrogen and oxygen atoms in total. The van der Waals surface area contributed by atoms with Gasteiger partial charge in [0.15, 0.2) is 0 Å². The topological polar surface area (TPSA) is 0 Å². The first-order valence-electron chi connectivity index (χ1n) is 6.65. The van der Waals surface area contributed by atoms with Gasteiger partial charge in [-0.3, -0.25) is 0 Å².